The highest BCUT2D eigenvalue weighted by molar-refractivity contribution is 9.09. The van der Waals surface area contributed by atoms with E-state index in [0.717, 1.165) is 25.2 Å². The summed E-state index contributed by atoms with van der Waals surface area (Å²) in [5.74, 6) is 0.783. The maximum absolute atomic E-state index is 3.94. The van der Waals surface area contributed by atoms with Crippen molar-refractivity contribution in [1.82, 2.24) is 0 Å². The Kier molecular flexibility index (Phi) is 7.13. The van der Waals surface area contributed by atoms with Gasteiger partial charge >= 0.3 is 0 Å². The summed E-state index contributed by atoms with van der Waals surface area (Å²) < 4.78 is 0. The Morgan fingerprint density at radius 2 is 1.42 bits per heavy atom. The van der Waals surface area contributed by atoms with Crippen LogP contribution in [0.1, 0.15) is 74.5 Å². The lowest BCUT2D eigenvalue weighted by Gasteiger charge is -2.21. The van der Waals surface area contributed by atoms with Gasteiger partial charge in [0.05, 0.1) is 0 Å². The van der Waals surface area contributed by atoms with Gasteiger partial charge in [-0.15, -0.1) is 0 Å². The van der Waals surface area contributed by atoms with E-state index in [2.05, 4.69) is 62.7 Å². The van der Waals surface area contributed by atoms with Gasteiger partial charge in [-0.1, -0.05) is 62.7 Å². The first-order valence-electron chi connectivity index (χ1n) is 7.81. The maximum Gasteiger partial charge on any atom is 0.0400 e. The lowest BCUT2D eigenvalue weighted by Crippen LogP contribution is -2.05. The quantitative estimate of drug-likeness (QED) is 0.520. The Labute approximate surface area is 128 Å². The van der Waals surface area contributed by atoms with Crippen molar-refractivity contribution in [2.75, 3.05) is 0 Å². The van der Waals surface area contributed by atoms with Crippen molar-refractivity contribution >= 4 is 15.9 Å². The van der Waals surface area contributed by atoms with E-state index in [4.69, 9.17) is 0 Å². The van der Waals surface area contributed by atoms with E-state index in [9.17, 15) is 0 Å². The minimum absolute atomic E-state index is 0.519. The van der Waals surface area contributed by atoms with Gasteiger partial charge in [0.25, 0.3) is 0 Å². The van der Waals surface area contributed by atoms with Crippen molar-refractivity contribution in [3.8, 4) is 0 Å². The molecule has 0 spiro atoms. The predicted octanol–water partition coefficient (Wildman–Crippen LogP) is 6.25. The Morgan fingerprint density at radius 1 is 0.895 bits per heavy atom. The molecule has 1 atom stereocenters. The van der Waals surface area contributed by atoms with Crippen molar-refractivity contribution in [3.63, 3.8) is 0 Å². The summed E-state index contributed by atoms with van der Waals surface area (Å²) in [7, 11) is 0. The summed E-state index contributed by atoms with van der Waals surface area (Å²) in [4.78, 5) is 0.519. The fourth-order valence-electron chi connectivity index (χ4n) is 2.67. The van der Waals surface area contributed by atoms with E-state index >= 15 is 0 Å². The second-order valence-corrected chi connectivity index (χ2v) is 6.93. The SMILES string of the molecule is CCc1cc(CC)c(C(Br)CCC(C)C)c(CC)c1. The Bertz CT molecular complexity index is 368. The first-order valence-corrected chi connectivity index (χ1v) is 8.73. The van der Waals surface area contributed by atoms with Gasteiger partial charge in [0.15, 0.2) is 0 Å². The van der Waals surface area contributed by atoms with E-state index < -0.39 is 0 Å². The first kappa shape index (κ1) is 16.8. The second-order valence-electron chi connectivity index (χ2n) is 5.83. The standard InChI is InChI=1S/C18H29Br/c1-6-14-11-15(7-2)18(16(8-3)12-14)17(19)10-9-13(4)5/h11-13,17H,6-10H2,1-5H3. The van der Waals surface area contributed by atoms with Crippen LogP contribution in [0.3, 0.4) is 0 Å². The molecule has 0 aliphatic rings. The van der Waals surface area contributed by atoms with Gasteiger partial charge < -0.3 is 0 Å². The number of hydrogen-bond acceptors (Lipinski definition) is 0. The molecule has 0 aliphatic heterocycles. The van der Waals surface area contributed by atoms with Crippen LogP contribution in [0.2, 0.25) is 0 Å². The van der Waals surface area contributed by atoms with Crippen LogP contribution in [-0.4, -0.2) is 0 Å². The zero-order valence-corrected chi connectivity index (χ0v) is 14.8. The van der Waals surface area contributed by atoms with Crippen LogP contribution < -0.4 is 0 Å². The maximum atomic E-state index is 3.94. The summed E-state index contributed by atoms with van der Waals surface area (Å²) in [5, 5.41) is 0. The third-order valence-corrected chi connectivity index (χ3v) is 4.81. The van der Waals surface area contributed by atoms with Crippen LogP contribution in [0.15, 0.2) is 12.1 Å². The molecule has 108 valence electrons. The van der Waals surface area contributed by atoms with Crippen molar-refractivity contribution in [1.29, 1.82) is 0 Å². The van der Waals surface area contributed by atoms with Gasteiger partial charge in [0.1, 0.15) is 0 Å². The Balaban J connectivity index is 3.08. The molecule has 0 N–H and O–H groups in total. The van der Waals surface area contributed by atoms with Gasteiger partial charge in [-0.3, -0.25) is 0 Å². The van der Waals surface area contributed by atoms with Gasteiger partial charge in [-0.25, -0.2) is 0 Å². The van der Waals surface area contributed by atoms with E-state index in [1.54, 1.807) is 16.7 Å². The molecule has 0 aliphatic carbocycles. The molecule has 0 bridgehead atoms. The largest absolute Gasteiger partial charge is 0.0839 e. The summed E-state index contributed by atoms with van der Waals surface area (Å²) in [5.41, 5.74) is 6.15. The van der Waals surface area contributed by atoms with Crippen molar-refractivity contribution in [2.45, 2.75) is 71.5 Å². The number of benzene rings is 1. The zero-order valence-electron chi connectivity index (χ0n) is 13.2. The molecule has 0 radical (unpaired) electrons. The van der Waals surface area contributed by atoms with E-state index in [1.165, 1.54) is 18.4 Å². The van der Waals surface area contributed by atoms with Gasteiger partial charge in [-0.05, 0) is 60.3 Å². The monoisotopic (exact) mass is 324 g/mol. The van der Waals surface area contributed by atoms with Crippen LogP contribution >= 0.6 is 15.9 Å². The van der Waals surface area contributed by atoms with Crippen LogP contribution in [0.5, 0.6) is 0 Å². The van der Waals surface area contributed by atoms with Crippen molar-refractivity contribution in [3.05, 3.63) is 34.4 Å². The van der Waals surface area contributed by atoms with E-state index in [1.807, 2.05) is 0 Å². The molecular formula is C18H29Br. The number of aryl methyl sites for hydroxylation is 3. The van der Waals surface area contributed by atoms with E-state index in [-0.39, 0.29) is 0 Å². The van der Waals surface area contributed by atoms with Crippen LogP contribution in [0.25, 0.3) is 0 Å². The highest BCUT2D eigenvalue weighted by Crippen LogP contribution is 2.35. The van der Waals surface area contributed by atoms with Gasteiger partial charge in [0, 0.05) is 4.83 Å². The average Bonchev–Trinajstić information content (AvgIpc) is 2.42. The van der Waals surface area contributed by atoms with E-state index in [0.29, 0.717) is 4.83 Å². The van der Waals surface area contributed by atoms with Crippen molar-refractivity contribution < 1.29 is 0 Å². The lowest BCUT2D eigenvalue weighted by molar-refractivity contribution is 0.552. The Hall–Kier alpha value is -0.300. The summed E-state index contributed by atoms with van der Waals surface area (Å²) >= 11 is 3.94. The third kappa shape index (κ3) is 4.63. The topological polar surface area (TPSA) is 0 Å². The average molecular weight is 325 g/mol. The molecule has 0 amide bonds. The molecular weight excluding hydrogens is 296 g/mol. The first-order chi connectivity index (χ1) is 9.03. The second kappa shape index (κ2) is 8.09. The zero-order chi connectivity index (χ0) is 14.4. The molecule has 1 aromatic carbocycles. The van der Waals surface area contributed by atoms with Gasteiger partial charge in [0.2, 0.25) is 0 Å². The number of halogens is 1. The summed E-state index contributed by atoms with van der Waals surface area (Å²) in [6.45, 7) is 11.4. The molecule has 1 aromatic rings. The lowest BCUT2D eigenvalue weighted by atomic mass is 9.90. The van der Waals surface area contributed by atoms with Crippen LogP contribution in [0, 0.1) is 5.92 Å². The molecule has 0 heterocycles. The molecule has 0 saturated carbocycles. The molecule has 0 nitrogen and oxygen atoms in total. The highest BCUT2D eigenvalue weighted by Gasteiger charge is 2.16. The molecule has 0 aromatic heterocycles. The third-order valence-electron chi connectivity index (χ3n) is 3.89. The molecule has 19 heavy (non-hydrogen) atoms. The predicted molar refractivity (Wildman–Crippen MR) is 90.3 cm³/mol. The fraction of sp³-hybridized carbons (Fsp3) is 0.667. The van der Waals surface area contributed by atoms with Crippen LogP contribution in [0.4, 0.5) is 0 Å². The Morgan fingerprint density at radius 3 is 1.79 bits per heavy atom. The highest BCUT2D eigenvalue weighted by atomic mass is 79.9. The van der Waals surface area contributed by atoms with Gasteiger partial charge in [-0.2, -0.15) is 0 Å². The molecule has 0 fully saturated rings. The van der Waals surface area contributed by atoms with Crippen LogP contribution in [-0.2, 0) is 19.3 Å². The normalized spacial score (nSPS) is 13.0. The molecule has 0 saturated heterocycles. The smallest absolute Gasteiger partial charge is 0.0400 e. The number of rotatable bonds is 7. The molecule has 1 rings (SSSR count). The number of alkyl halides is 1. The summed E-state index contributed by atoms with van der Waals surface area (Å²) in [6, 6.07) is 4.83. The fourth-order valence-corrected chi connectivity index (χ4v) is 3.52. The number of hydrogen-bond donors (Lipinski definition) is 0. The van der Waals surface area contributed by atoms with Crippen molar-refractivity contribution in [2.24, 2.45) is 5.92 Å². The molecule has 1 unspecified atom stereocenters. The molecule has 1 heteroatoms. The minimum Gasteiger partial charge on any atom is -0.0839 e. The minimum atomic E-state index is 0.519. The summed E-state index contributed by atoms with van der Waals surface area (Å²) in [6.07, 6.45) is 5.94.